The third-order valence-electron chi connectivity index (χ3n) is 4.93. The van der Waals surface area contributed by atoms with Gasteiger partial charge >= 0.3 is 0 Å². The highest BCUT2D eigenvalue weighted by Gasteiger charge is 2.47. The van der Waals surface area contributed by atoms with Crippen LogP contribution in [0.2, 0.25) is 0 Å². The number of ketones is 1. The van der Waals surface area contributed by atoms with Crippen molar-refractivity contribution in [1.82, 2.24) is 4.90 Å². The van der Waals surface area contributed by atoms with Crippen molar-refractivity contribution in [2.45, 2.75) is 45.8 Å². The van der Waals surface area contributed by atoms with Gasteiger partial charge in [-0.2, -0.15) is 0 Å². The number of benzene rings is 1. The molecular formula is C24H29NO6. The fourth-order valence-corrected chi connectivity index (χ4v) is 3.52. The highest BCUT2D eigenvalue weighted by Crippen LogP contribution is 2.39. The van der Waals surface area contributed by atoms with Gasteiger partial charge in [-0.1, -0.05) is 19.1 Å². The van der Waals surface area contributed by atoms with E-state index >= 15 is 0 Å². The number of likely N-dealkylation sites (tertiary alicyclic amines) is 1. The van der Waals surface area contributed by atoms with Crippen LogP contribution in [0, 0.1) is 0 Å². The smallest absolute Gasteiger partial charge is 0.295 e. The van der Waals surface area contributed by atoms with Gasteiger partial charge in [-0.3, -0.25) is 9.59 Å². The number of rotatable bonds is 10. The van der Waals surface area contributed by atoms with Crippen molar-refractivity contribution in [2.75, 3.05) is 19.8 Å². The van der Waals surface area contributed by atoms with E-state index in [1.165, 1.54) is 11.2 Å². The van der Waals surface area contributed by atoms with Crippen LogP contribution in [0.1, 0.15) is 51.0 Å². The van der Waals surface area contributed by atoms with Gasteiger partial charge in [-0.05, 0) is 51.0 Å². The molecule has 1 aromatic carbocycles. The molecule has 0 bridgehead atoms. The third kappa shape index (κ3) is 5.17. The Morgan fingerprint density at radius 2 is 2.00 bits per heavy atom. The largest absolute Gasteiger partial charge is 0.507 e. The molecule has 1 fully saturated rings. The zero-order valence-electron chi connectivity index (χ0n) is 18.2. The second-order valence-electron chi connectivity index (χ2n) is 7.66. The second kappa shape index (κ2) is 10.3. The molecular weight excluding hydrogens is 398 g/mol. The monoisotopic (exact) mass is 427 g/mol. The summed E-state index contributed by atoms with van der Waals surface area (Å²) in [5, 5.41) is 11.0. The van der Waals surface area contributed by atoms with Crippen LogP contribution in [0.5, 0.6) is 5.75 Å². The number of amides is 1. The second-order valence-corrected chi connectivity index (χ2v) is 7.66. The van der Waals surface area contributed by atoms with Crippen LogP contribution in [0.3, 0.4) is 0 Å². The highest BCUT2D eigenvalue weighted by molar-refractivity contribution is 6.46. The Labute approximate surface area is 182 Å². The zero-order valence-corrected chi connectivity index (χ0v) is 18.2. The van der Waals surface area contributed by atoms with E-state index in [-0.39, 0.29) is 17.4 Å². The van der Waals surface area contributed by atoms with Gasteiger partial charge in [0.25, 0.3) is 11.7 Å². The third-order valence-corrected chi connectivity index (χ3v) is 4.93. The van der Waals surface area contributed by atoms with E-state index in [0.717, 1.165) is 6.42 Å². The lowest BCUT2D eigenvalue weighted by molar-refractivity contribution is -0.140. The van der Waals surface area contributed by atoms with E-state index in [1.807, 2.05) is 20.8 Å². The Morgan fingerprint density at radius 1 is 1.19 bits per heavy atom. The lowest BCUT2D eigenvalue weighted by Gasteiger charge is -2.23. The molecule has 2 heterocycles. The molecule has 1 atom stereocenters. The minimum atomic E-state index is -0.797. The first-order valence-corrected chi connectivity index (χ1v) is 10.6. The van der Waals surface area contributed by atoms with E-state index in [2.05, 4.69) is 0 Å². The van der Waals surface area contributed by atoms with Crippen LogP contribution in [-0.4, -0.2) is 47.6 Å². The molecule has 7 nitrogen and oxygen atoms in total. The summed E-state index contributed by atoms with van der Waals surface area (Å²) in [6.07, 6.45) is 2.97. The molecule has 0 aliphatic carbocycles. The summed E-state index contributed by atoms with van der Waals surface area (Å²) in [5.74, 6) is -0.638. The maximum atomic E-state index is 12.9. The average molecular weight is 427 g/mol. The lowest BCUT2D eigenvalue weighted by Crippen LogP contribution is -2.31. The van der Waals surface area contributed by atoms with E-state index in [4.69, 9.17) is 13.9 Å². The van der Waals surface area contributed by atoms with Crippen molar-refractivity contribution in [2.24, 2.45) is 0 Å². The number of carbonyl (C=O) groups excluding carboxylic acids is 2. The number of nitrogens with zero attached hydrogens (tertiary/aromatic N) is 1. The summed E-state index contributed by atoms with van der Waals surface area (Å²) in [6, 6.07) is 9.45. The van der Waals surface area contributed by atoms with E-state index in [0.29, 0.717) is 43.3 Å². The van der Waals surface area contributed by atoms with Crippen LogP contribution in [0.25, 0.3) is 5.76 Å². The van der Waals surface area contributed by atoms with Gasteiger partial charge in [-0.25, -0.2) is 0 Å². The normalized spacial score (nSPS) is 18.2. The minimum absolute atomic E-state index is 0.0115. The molecule has 1 unspecified atom stereocenters. The van der Waals surface area contributed by atoms with E-state index < -0.39 is 17.7 Å². The maximum Gasteiger partial charge on any atom is 0.295 e. The molecule has 3 rings (SSSR count). The number of hydrogen-bond acceptors (Lipinski definition) is 6. The number of Topliss-reactive ketones (excluding diaryl/α,β-unsaturated/α-hetero) is 1. The van der Waals surface area contributed by atoms with Crippen LogP contribution >= 0.6 is 0 Å². The first kappa shape index (κ1) is 22.6. The number of hydrogen-bond donors (Lipinski definition) is 1. The highest BCUT2D eigenvalue weighted by atomic mass is 16.5. The molecule has 1 saturated heterocycles. The van der Waals surface area contributed by atoms with Gasteiger partial charge in [0.2, 0.25) is 0 Å². The van der Waals surface area contributed by atoms with Gasteiger partial charge < -0.3 is 23.9 Å². The van der Waals surface area contributed by atoms with Gasteiger partial charge in [0.05, 0.1) is 24.5 Å². The van der Waals surface area contributed by atoms with Gasteiger partial charge in [-0.15, -0.1) is 0 Å². The molecule has 0 spiro atoms. The number of furan rings is 1. The fraction of sp³-hybridized carbons (Fsp3) is 0.417. The number of aliphatic hydroxyl groups is 1. The van der Waals surface area contributed by atoms with Gasteiger partial charge in [0, 0.05) is 18.7 Å². The van der Waals surface area contributed by atoms with Crippen LogP contribution in [0.15, 0.2) is 52.7 Å². The van der Waals surface area contributed by atoms with Crippen LogP contribution in [0.4, 0.5) is 0 Å². The molecule has 2 aromatic rings. The summed E-state index contributed by atoms with van der Waals surface area (Å²) in [6.45, 7) is 7.18. The molecule has 0 saturated carbocycles. The molecule has 1 N–H and O–H groups in total. The summed E-state index contributed by atoms with van der Waals surface area (Å²) in [5.41, 5.74) is 0.420. The Balaban J connectivity index is 1.95. The molecule has 1 aliphatic rings. The van der Waals surface area contributed by atoms with Crippen molar-refractivity contribution in [1.29, 1.82) is 0 Å². The van der Waals surface area contributed by atoms with Crippen molar-refractivity contribution in [3.8, 4) is 5.75 Å². The molecule has 1 amide bonds. The summed E-state index contributed by atoms with van der Waals surface area (Å²) < 4.78 is 16.7. The summed E-state index contributed by atoms with van der Waals surface area (Å²) >= 11 is 0. The van der Waals surface area contributed by atoms with Crippen molar-refractivity contribution >= 4 is 17.4 Å². The Morgan fingerprint density at radius 3 is 2.68 bits per heavy atom. The van der Waals surface area contributed by atoms with Crippen molar-refractivity contribution in [3.63, 3.8) is 0 Å². The number of carbonyl (C=O) groups is 2. The van der Waals surface area contributed by atoms with Crippen LogP contribution < -0.4 is 4.74 Å². The summed E-state index contributed by atoms with van der Waals surface area (Å²) in [4.78, 5) is 27.2. The van der Waals surface area contributed by atoms with E-state index in [1.54, 1.807) is 36.4 Å². The van der Waals surface area contributed by atoms with Crippen LogP contribution in [-0.2, 0) is 14.3 Å². The first-order valence-electron chi connectivity index (χ1n) is 10.6. The topological polar surface area (TPSA) is 89.2 Å². The standard InChI is InChI=1S/C24H29NO6/c1-4-12-30-18-9-5-8-17(15-18)22(26)20-21(19-10-6-13-31-19)25(24(28)23(20)27)11-7-14-29-16(2)3/h5-6,8-10,13,15-16,21,26H,4,7,11-12,14H2,1-3H3/b22-20-. The van der Waals surface area contributed by atoms with Crippen molar-refractivity contribution in [3.05, 3.63) is 59.6 Å². The fourth-order valence-electron chi connectivity index (χ4n) is 3.52. The van der Waals surface area contributed by atoms with Gasteiger partial charge in [0.1, 0.15) is 23.3 Å². The molecule has 31 heavy (non-hydrogen) atoms. The average Bonchev–Trinajstić information content (AvgIpc) is 3.37. The minimum Gasteiger partial charge on any atom is -0.507 e. The predicted molar refractivity (Wildman–Crippen MR) is 116 cm³/mol. The molecule has 1 aromatic heterocycles. The molecule has 7 heteroatoms. The zero-order chi connectivity index (χ0) is 22.4. The predicted octanol–water partition coefficient (Wildman–Crippen LogP) is 4.31. The molecule has 0 radical (unpaired) electrons. The lowest BCUT2D eigenvalue weighted by atomic mass is 9.99. The number of aliphatic hydroxyl groups excluding tert-OH is 1. The Hall–Kier alpha value is -3.06. The molecule has 166 valence electrons. The Kier molecular flexibility index (Phi) is 7.52. The summed E-state index contributed by atoms with van der Waals surface area (Å²) in [7, 11) is 0. The number of ether oxygens (including phenoxy) is 2. The maximum absolute atomic E-state index is 12.9. The SMILES string of the molecule is CCCOc1cccc(/C(O)=C2/C(=O)C(=O)N(CCCOC(C)C)C2c2ccco2)c1. The quantitative estimate of drug-likeness (QED) is 0.263. The Bertz CT molecular complexity index is 931. The van der Waals surface area contributed by atoms with Gasteiger partial charge in [0.15, 0.2) is 0 Å². The van der Waals surface area contributed by atoms with Crippen molar-refractivity contribution < 1.29 is 28.6 Å². The van der Waals surface area contributed by atoms with E-state index in [9.17, 15) is 14.7 Å². The molecule has 1 aliphatic heterocycles. The first-order chi connectivity index (χ1) is 14.9.